The van der Waals surface area contributed by atoms with Crippen LogP contribution in [0, 0.1) is 5.82 Å². The molecule has 6 aliphatic heterocycles. The molecule has 2 aromatic heterocycles. The number of benzene rings is 2. The number of alkyl halides is 6. The first-order chi connectivity index (χ1) is 64.9. The number of ether oxygens (including phenoxy) is 22. The van der Waals surface area contributed by atoms with E-state index >= 15 is 0 Å². The fourth-order valence-electron chi connectivity index (χ4n) is 14.4. The van der Waals surface area contributed by atoms with Gasteiger partial charge in [-0.05, 0) is 42.8 Å². The topological polar surface area (TPSA) is 563 Å². The molecule has 0 saturated carbocycles. The van der Waals surface area contributed by atoms with E-state index in [1.165, 1.54) is 16.8 Å². The first kappa shape index (κ1) is 109. The molecule has 135 heavy (non-hydrogen) atoms. The number of fused-ring (bicyclic) bond motifs is 7. The summed E-state index contributed by atoms with van der Waals surface area (Å²) >= 11 is 0. The molecule has 0 radical (unpaired) electrons. The summed E-state index contributed by atoms with van der Waals surface area (Å²) in [6.45, 7) is 1.01. The van der Waals surface area contributed by atoms with Gasteiger partial charge in [0.05, 0.1) is 254 Å². The summed E-state index contributed by atoms with van der Waals surface area (Å²) in [5.74, 6) is -7.25. The standard InChI is InChI=1S/C83H119F7N10O35/c84-56-41-54(4-8-60(56)101)100-43-59(98-99-100)58-6-3-53-40-55(5-7-57(53)94-58)129-15-1-2-65(106)97-78(44-123-16-9-62(103)91-12-19-114-22-25-117-28-31-120-34-37-126-47-79-50-130-66(133-79)42-61(102)71(79)109,45-124-17-10-63(104)92-13-20-115-23-26-118-29-32-121-35-38-127-48-80-51-131-74(134-80)67(69(107)72(80)110)95-76(112)82(85,86)87)46-125-18-11-64(105)93-14-21-116-24-27-119-30-33-122-36-39-128-49-81-52-132-75(135-81)68(70(108)73(81)111)96-77(113)83(88,89)90/h3-8,40-41,43,61,66-75,101-102,107-111H,1-2,9-39,42,44-52H2,(H,91,103)(H,92,104)(H,93,105)(H,95,112)(H,96,113)(H,97,106)/t61-,66+,67-,68-,69-,70-,71-,72-,73-,74-,75+,78?,79+,80+,81+/m1/s1. The van der Waals surface area contributed by atoms with Crippen molar-refractivity contribution < 1.29 is 199 Å². The van der Waals surface area contributed by atoms with Gasteiger partial charge in [0.2, 0.25) is 23.6 Å². The average molecular weight is 1950 g/mol. The van der Waals surface area contributed by atoms with Crippen LogP contribution in [0.4, 0.5) is 30.7 Å². The van der Waals surface area contributed by atoms with E-state index in [0.717, 1.165) is 6.07 Å². The number of nitrogens with one attached hydrogen (secondary N) is 6. The summed E-state index contributed by atoms with van der Waals surface area (Å²) in [4.78, 5) is 81.2. The van der Waals surface area contributed by atoms with Gasteiger partial charge in [-0.25, -0.2) is 14.1 Å². The zero-order valence-electron chi connectivity index (χ0n) is 73.9. The van der Waals surface area contributed by atoms with Crippen LogP contribution in [0.25, 0.3) is 28.0 Å². The second-order valence-electron chi connectivity index (χ2n) is 31.9. The third-order valence-electron chi connectivity index (χ3n) is 21.5. The molecule has 10 rings (SSSR count). The van der Waals surface area contributed by atoms with Gasteiger partial charge in [-0.2, -0.15) is 26.3 Å². The van der Waals surface area contributed by atoms with Crippen LogP contribution in [-0.4, -0.2) is 438 Å². The molecule has 760 valence electrons. The Morgan fingerprint density at radius 3 is 1.31 bits per heavy atom. The van der Waals surface area contributed by atoms with Gasteiger partial charge >= 0.3 is 24.2 Å². The summed E-state index contributed by atoms with van der Waals surface area (Å²) in [6.07, 6.45) is -21.9. The minimum atomic E-state index is -5.25. The minimum Gasteiger partial charge on any atom is -0.505 e. The molecular formula is C83H119F7N10O35. The molecule has 6 aliphatic rings. The molecule has 45 nitrogen and oxygen atoms in total. The molecule has 0 aliphatic carbocycles. The SMILES string of the molecule is O=C(CCOCC(COCCC(=O)NCCOCCOCCOCCOC[C@@]12CO[C@@H](O1)[C@H](NC(=O)C(F)(F)F)[C@@H](O)[C@H]2O)(COCCC(=O)NCCOCCOCCOCCOC[C@]12CO[C@H](C[C@@H](O)[C@H]1O)O2)NC(=O)CCCOc1ccc2nc(-c3cn(-c4ccc(O)c(F)c4)nn3)ccc2c1)NCCOCCOCCOCCOC[C@@]12CO[C@H](O1)[C@H](NC(=O)C(F)(F)F)[C@@H](O)[C@H]2O. The second-order valence-corrected chi connectivity index (χ2v) is 31.9. The van der Waals surface area contributed by atoms with Crippen molar-refractivity contribution in [3.8, 4) is 28.6 Å². The van der Waals surface area contributed by atoms with Gasteiger partial charge in [-0.3, -0.25) is 28.8 Å². The molecule has 52 heteroatoms. The molecule has 15 atom stereocenters. The maximum absolute atomic E-state index is 14.2. The average Bonchev–Trinajstić information content (AvgIpc) is 1.61. The first-order valence-corrected chi connectivity index (χ1v) is 43.8. The predicted octanol–water partition coefficient (Wildman–Crippen LogP) is -2.87. The summed E-state index contributed by atoms with van der Waals surface area (Å²) in [5, 5.41) is 96.0. The number of carbonyl (C=O) groups is 6. The Balaban J connectivity index is 0.644. The molecule has 6 amide bonds. The quantitative estimate of drug-likeness (QED) is 0.0156. The monoisotopic (exact) mass is 1950 g/mol. The van der Waals surface area contributed by atoms with Gasteiger partial charge < -0.3 is 172 Å². The minimum absolute atomic E-state index is 0.0108. The normalized spacial score (nSPS) is 24.6. The number of hydrogen-bond acceptors (Lipinski definition) is 38. The number of aliphatic hydroxyl groups is 6. The van der Waals surface area contributed by atoms with Gasteiger partial charge in [0, 0.05) is 63.2 Å². The van der Waals surface area contributed by atoms with Gasteiger partial charge in [-0.1, -0.05) is 11.3 Å². The molecule has 8 heterocycles. The van der Waals surface area contributed by atoms with Crippen LogP contribution < -0.4 is 36.6 Å². The van der Waals surface area contributed by atoms with Crippen molar-refractivity contribution in [1.29, 1.82) is 0 Å². The number of aliphatic hydroxyl groups excluding tert-OH is 6. The fraction of sp³-hybridized carbons (Fsp3) is 0.723. The Labute approximate surface area is 769 Å². The highest BCUT2D eigenvalue weighted by molar-refractivity contribution is 5.84. The number of aromatic nitrogens is 4. The second kappa shape index (κ2) is 55.0. The third kappa shape index (κ3) is 34.4. The lowest BCUT2D eigenvalue weighted by Gasteiger charge is -2.42. The number of carbonyl (C=O) groups excluding carboxylic acids is 6. The number of hydrogen-bond donors (Lipinski definition) is 13. The van der Waals surface area contributed by atoms with Gasteiger partial charge in [0.25, 0.3) is 0 Å². The zero-order chi connectivity index (χ0) is 96.7. The Morgan fingerprint density at radius 2 is 0.874 bits per heavy atom. The van der Waals surface area contributed by atoms with E-state index in [9.17, 15) is 95.2 Å². The molecule has 13 N–H and O–H groups in total. The van der Waals surface area contributed by atoms with Crippen molar-refractivity contribution in [2.24, 2.45) is 0 Å². The van der Waals surface area contributed by atoms with Gasteiger partial charge in [0.1, 0.15) is 76.4 Å². The Hall–Kier alpha value is -8.16. The number of aromatic hydroxyl groups is 1. The van der Waals surface area contributed by atoms with Gasteiger partial charge in [0.15, 0.2) is 30.4 Å². The van der Waals surface area contributed by atoms with Crippen molar-refractivity contribution in [3.05, 3.63) is 60.5 Å². The summed E-state index contributed by atoms with van der Waals surface area (Å²) < 4.78 is 217. The molecule has 2 aromatic carbocycles. The Kier molecular flexibility index (Phi) is 44.3. The number of rotatable bonds is 67. The van der Waals surface area contributed by atoms with E-state index in [2.05, 4.69) is 31.6 Å². The van der Waals surface area contributed by atoms with E-state index in [0.29, 0.717) is 33.7 Å². The fourth-order valence-corrected chi connectivity index (χ4v) is 14.4. The number of pyridine rings is 1. The summed E-state index contributed by atoms with van der Waals surface area (Å²) in [6, 6.07) is 9.16. The highest BCUT2D eigenvalue weighted by atomic mass is 19.4. The van der Waals surface area contributed by atoms with E-state index < -0.39 is 143 Å². The summed E-state index contributed by atoms with van der Waals surface area (Å²) in [5.41, 5.74) is -4.05. The van der Waals surface area contributed by atoms with Crippen LogP contribution in [0.3, 0.4) is 0 Å². The largest absolute Gasteiger partial charge is 0.505 e. The number of nitrogens with zero attached hydrogens (tertiary/aromatic N) is 4. The molecular weight excluding hydrogens is 1830 g/mol. The number of phenols is 1. The molecule has 0 spiro atoms. The first-order valence-electron chi connectivity index (χ1n) is 43.8. The number of phenolic OH excluding ortho intramolecular Hbond substituents is 1. The molecule has 6 saturated heterocycles. The van der Waals surface area contributed by atoms with E-state index in [-0.39, 0.29) is 289 Å². The van der Waals surface area contributed by atoms with Crippen LogP contribution in [0.15, 0.2) is 54.7 Å². The highest BCUT2D eigenvalue weighted by Gasteiger charge is 2.63. The van der Waals surface area contributed by atoms with Crippen LogP contribution in [-0.2, 0) is 128 Å². The Morgan fingerprint density at radius 1 is 0.452 bits per heavy atom. The van der Waals surface area contributed by atoms with E-state index in [1.54, 1.807) is 47.2 Å². The Bertz CT molecular complexity index is 4160. The van der Waals surface area contributed by atoms with E-state index in [1.807, 2.05) is 0 Å². The van der Waals surface area contributed by atoms with Crippen LogP contribution in [0.1, 0.15) is 38.5 Å². The lowest BCUT2D eigenvalue weighted by Crippen LogP contribution is -2.67. The van der Waals surface area contributed by atoms with Crippen molar-refractivity contribution in [1.82, 2.24) is 51.9 Å². The third-order valence-corrected chi connectivity index (χ3v) is 21.5. The van der Waals surface area contributed by atoms with Crippen molar-refractivity contribution >= 4 is 46.3 Å². The number of amides is 6. The maximum atomic E-state index is 14.2. The van der Waals surface area contributed by atoms with Crippen LogP contribution in [0.2, 0.25) is 0 Å². The lowest BCUT2D eigenvalue weighted by molar-refractivity contribution is -0.240. The summed E-state index contributed by atoms with van der Waals surface area (Å²) in [7, 11) is 0. The smallest absolute Gasteiger partial charge is 0.471 e. The predicted molar refractivity (Wildman–Crippen MR) is 442 cm³/mol. The zero-order valence-corrected chi connectivity index (χ0v) is 73.9. The van der Waals surface area contributed by atoms with Crippen molar-refractivity contribution in [3.63, 3.8) is 0 Å². The van der Waals surface area contributed by atoms with Crippen molar-refractivity contribution in [2.45, 2.75) is 141 Å². The van der Waals surface area contributed by atoms with Crippen LogP contribution in [0.5, 0.6) is 11.5 Å². The number of halogens is 7. The lowest BCUT2D eigenvalue weighted by atomic mass is 9.88. The molecule has 6 bridgehead atoms. The van der Waals surface area contributed by atoms with Crippen molar-refractivity contribution in [2.75, 3.05) is 244 Å². The van der Waals surface area contributed by atoms with Crippen LogP contribution >= 0.6 is 0 Å². The maximum Gasteiger partial charge on any atom is 0.471 e. The van der Waals surface area contributed by atoms with Gasteiger partial charge in [-0.15, -0.1) is 5.10 Å². The van der Waals surface area contributed by atoms with E-state index in [4.69, 9.17) is 109 Å². The molecule has 4 aromatic rings. The molecule has 1 unspecified atom stereocenters. The molecule has 6 fully saturated rings. The highest BCUT2D eigenvalue weighted by Crippen LogP contribution is 2.41.